The molecule has 1 unspecified atom stereocenters. The number of thiazole rings is 1. The maximum atomic E-state index is 13.3. The lowest BCUT2D eigenvalue weighted by molar-refractivity contribution is -0.155. The quantitative estimate of drug-likeness (QED) is 0.818. The highest BCUT2D eigenvalue weighted by molar-refractivity contribution is 7.09. The molecule has 1 N–H and O–H groups in total. The zero-order valence-corrected chi connectivity index (χ0v) is 15.8. The van der Waals surface area contributed by atoms with Crippen LogP contribution in [-0.2, 0) is 16.0 Å². The van der Waals surface area contributed by atoms with Crippen LogP contribution in [0.25, 0.3) is 0 Å². The lowest BCUT2D eigenvalue weighted by Crippen LogP contribution is -2.52. The molecular weight excluding hydrogens is 371 g/mol. The van der Waals surface area contributed by atoms with Gasteiger partial charge in [-0.25, -0.2) is 9.37 Å². The minimum Gasteiger partial charge on any atom is -0.481 e. The van der Waals surface area contributed by atoms with Crippen molar-refractivity contribution < 1.29 is 23.8 Å². The van der Waals surface area contributed by atoms with Crippen LogP contribution in [0.3, 0.4) is 0 Å². The fourth-order valence-electron chi connectivity index (χ4n) is 3.41. The highest BCUT2D eigenvalue weighted by atomic mass is 32.1. The van der Waals surface area contributed by atoms with Crippen LogP contribution in [0, 0.1) is 11.2 Å². The second kappa shape index (κ2) is 8.14. The van der Waals surface area contributed by atoms with Crippen molar-refractivity contribution in [1.29, 1.82) is 0 Å². The average Bonchev–Trinajstić information content (AvgIpc) is 3.10. The van der Waals surface area contributed by atoms with Crippen LogP contribution < -0.4 is 0 Å². The second-order valence-corrected chi connectivity index (χ2v) is 7.72. The Labute approximate surface area is 160 Å². The largest absolute Gasteiger partial charge is 0.481 e. The molecule has 0 spiro atoms. The number of carbonyl (C=O) groups excluding carboxylic acids is 1. The van der Waals surface area contributed by atoms with Gasteiger partial charge in [-0.1, -0.05) is 12.1 Å². The summed E-state index contributed by atoms with van der Waals surface area (Å²) in [5.74, 6) is -1.54. The first-order chi connectivity index (χ1) is 12.9. The Kier molecular flexibility index (Phi) is 5.86. The number of aliphatic carboxylic acids is 1. The highest BCUT2D eigenvalue weighted by Crippen LogP contribution is 2.31. The molecule has 2 aromatic rings. The van der Waals surface area contributed by atoms with Crippen molar-refractivity contribution in [3.8, 4) is 0 Å². The normalized spacial score (nSPS) is 19.9. The van der Waals surface area contributed by atoms with Gasteiger partial charge in [-0.05, 0) is 30.5 Å². The van der Waals surface area contributed by atoms with Gasteiger partial charge >= 0.3 is 5.97 Å². The van der Waals surface area contributed by atoms with Gasteiger partial charge in [0.05, 0.1) is 11.6 Å². The van der Waals surface area contributed by atoms with E-state index in [9.17, 15) is 19.1 Å². The predicted molar refractivity (Wildman–Crippen MR) is 98.4 cm³/mol. The number of likely N-dealkylation sites (tertiary alicyclic amines) is 1. The third-order valence-electron chi connectivity index (χ3n) is 4.75. The third-order valence-corrected chi connectivity index (χ3v) is 5.60. The molecule has 0 saturated carbocycles. The summed E-state index contributed by atoms with van der Waals surface area (Å²) < 4.78 is 18.4. The first-order valence-electron chi connectivity index (χ1n) is 8.64. The van der Waals surface area contributed by atoms with Gasteiger partial charge in [0.25, 0.3) is 5.91 Å². The minimum atomic E-state index is -1.08. The number of hydrogen-bond acceptors (Lipinski definition) is 5. The van der Waals surface area contributed by atoms with Gasteiger partial charge in [-0.2, -0.15) is 0 Å². The zero-order chi connectivity index (χ0) is 19.4. The van der Waals surface area contributed by atoms with Crippen LogP contribution in [0.2, 0.25) is 0 Å². The van der Waals surface area contributed by atoms with E-state index in [-0.39, 0.29) is 24.9 Å². The molecule has 1 aromatic heterocycles. The van der Waals surface area contributed by atoms with Gasteiger partial charge in [-0.15, -0.1) is 11.3 Å². The molecule has 1 aliphatic heterocycles. The first-order valence-corrected chi connectivity index (χ1v) is 9.52. The summed E-state index contributed by atoms with van der Waals surface area (Å²) in [6.45, 7) is 0.661. The molecule has 144 valence electrons. The van der Waals surface area contributed by atoms with Gasteiger partial charge in [0.2, 0.25) is 0 Å². The Hall–Kier alpha value is -2.32. The average molecular weight is 392 g/mol. The summed E-state index contributed by atoms with van der Waals surface area (Å²) in [5, 5.41) is 12.0. The number of piperidine rings is 1. The number of halogens is 1. The lowest BCUT2D eigenvalue weighted by Gasteiger charge is -2.39. The molecule has 1 atom stereocenters. The van der Waals surface area contributed by atoms with Crippen molar-refractivity contribution in [3.63, 3.8) is 0 Å². The van der Waals surface area contributed by atoms with Crippen LogP contribution >= 0.6 is 11.3 Å². The van der Waals surface area contributed by atoms with E-state index in [4.69, 9.17) is 4.74 Å². The summed E-state index contributed by atoms with van der Waals surface area (Å²) in [6, 6.07) is 6.27. The predicted octanol–water partition coefficient (Wildman–Crippen LogP) is 2.83. The van der Waals surface area contributed by atoms with E-state index in [0.717, 1.165) is 5.56 Å². The lowest BCUT2D eigenvalue weighted by atomic mass is 9.80. The molecule has 0 aliphatic carbocycles. The Balaban J connectivity index is 1.72. The smallest absolute Gasteiger partial charge is 0.313 e. The van der Waals surface area contributed by atoms with E-state index in [1.807, 2.05) is 6.07 Å². The maximum Gasteiger partial charge on any atom is 0.313 e. The standard InChI is InChI=1S/C19H21FN2O4S/c1-26-12-19(18(24)25)6-3-7-22(11-19)17(23)15-10-27-16(21-15)9-13-4-2-5-14(20)8-13/h2,4-5,8,10H,3,6-7,9,11-12H2,1H3,(H,24,25). The Morgan fingerprint density at radius 3 is 2.96 bits per heavy atom. The molecule has 1 fully saturated rings. The number of carboxylic acids is 1. The van der Waals surface area contributed by atoms with Gasteiger partial charge in [0.1, 0.15) is 16.9 Å². The zero-order valence-electron chi connectivity index (χ0n) is 15.0. The van der Waals surface area contributed by atoms with Crippen LogP contribution in [0.15, 0.2) is 29.6 Å². The molecule has 6 nitrogen and oxygen atoms in total. The summed E-state index contributed by atoms with van der Waals surface area (Å²) in [4.78, 5) is 30.5. The van der Waals surface area contributed by atoms with E-state index in [2.05, 4.69) is 4.98 Å². The number of methoxy groups -OCH3 is 1. The number of rotatable bonds is 6. The Morgan fingerprint density at radius 2 is 2.26 bits per heavy atom. The summed E-state index contributed by atoms with van der Waals surface area (Å²) in [6.07, 6.45) is 1.52. The van der Waals surface area contributed by atoms with Crippen molar-refractivity contribution in [2.45, 2.75) is 19.3 Å². The second-order valence-electron chi connectivity index (χ2n) is 6.78. The highest BCUT2D eigenvalue weighted by Gasteiger charge is 2.44. The van der Waals surface area contributed by atoms with Crippen molar-refractivity contribution in [2.75, 3.05) is 26.8 Å². The monoisotopic (exact) mass is 392 g/mol. The van der Waals surface area contributed by atoms with Gasteiger partial charge in [0.15, 0.2) is 0 Å². The fraction of sp³-hybridized carbons (Fsp3) is 0.421. The number of carboxylic acid groups (broad SMARTS) is 1. The molecule has 1 amide bonds. The fourth-order valence-corrected chi connectivity index (χ4v) is 4.21. The topological polar surface area (TPSA) is 79.7 Å². The van der Waals surface area contributed by atoms with Gasteiger partial charge in [-0.3, -0.25) is 9.59 Å². The van der Waals surface area contributed by atoms with Crippen molar-refractivity contribution in [2.24, 2.45) is 5.41 Å². The van der Waals surface area contributed by atoms with Crippen LogP contribution in [0.4, 0.5) is 4.39 Å². The number of nitrogens with zero attached hydrogens (tertiary/aromatic N) is 2. The van der Waals surface area contributed by atoms with E-state index >= 15 is 0 Å². The van der Waals surface area contributed by atoms with Crippen LogP contribution in [0.5, 0.6) is 0 Å². The van der Waals surface area contributed by atoms with Crippen molar-refractivity contribution in [3.05, 3.63) is 51.7 Å². The number of benzene rings is 1. The molecule has 8 heteroatoms. The molecule has 1 saturated heterocycles. The van der Waals surface area contributed by atoms with Crippen LogP contribution in [-0.4, -0.2) is 53.7 Å². The number of carbonyl (C=O) groups is 2. The van der Waals surface area contributed by atoms with E-state index < -0.39 is 11.4 Å². The van der Waals surface area contributed by atoms with E-state index in [0.29, 0.717) is 36.5 Å². The van der Waals surface area contributed by atoms with E-state index in [1.165, 1.54) is 35.5 Å². The van der Waals surface area contributed by atoms with Crippen molar-refractivity contribution in [1.82, 2.24) is 9.88 Å². The Morgan fingerprint density at radius 1 is 1.44 bits per heavy atom. The maximum absolute atomic E-state index is 13.3. The SMILES string of the molecule is COCC1(C(=O)O)CCCN(C(=O)c2csc(Cc3cccc(F)c3)n2)C1. The molecule has 0 bridgehead atoms. The number of ether oxygens (including phenoxy) is 1. The molecule has 1 aliphatic rings. The summed E-state index contributed by atoms with van der Waals surface area (Å²) in [7, 11) is 1.46. The molecule has 2 heterocycles. The van der Waals surface area contributed by atoms with E-state index in [1.54, 1.807) is 11.4 Å². The molecule has 3 rings (SSSR count). The third kappa shape index (κ3) is 4.33. The summed E-state index contributed by atoms with van der Waals surface area (Å²) >= 11 is 1.34. The summed E-state index contributed by atoms with van der Waals surface area (Å²) in [5.41, 5.74) is -0.000356. The minimum absolute atomic E-state index is 0.0635. The number of hydrogen-bond donors (Lipinski definition) is 1. The van der Waals surface area contributed by atoms with Gasteiger partial charge in [0, 0.05) is 32.0 Å². The van der Waals surface area contributed by atoms with Crippen molar-refractivity contribution >= 4 is 23.2 Å². The van der Waals surface area contributed by atoms with Crippen LogP contribution in [0.1, 0.15) is 33.9 Å². The molecule has 1 aromatic carbocycles. The number of amides is 1. The molecule has 27 heavy (non-hydrogen) atoms. The molecule has 0 radical (unpaired) electrons. The van der Waals surface area contributed by atoms with Gasteiger partial charge < -0.3 is 14.7 Å². The first kappa shape index (κ1) is 19.4. The molecular formula is C19H21FN2O4S. The Bertz CT molecular complexity index is 837. The number of aromatic nitrogens is 1.